The summed E-state index contributed by atoms with van der Waals surface area (Å²) in [6.07, 6.45) is 29.5. The summed E-state index contributed by atoms with van der Waals surface area (Å²) in [5.41, 5.74) is -0.0409. The van der Waals surface area contributed by atoms with Crippen LogP contribution in [0.1, 0.15) is 374 Å². The SMILES string of the molecule is CCC(C)(C)C(=O)OC.CCC(C)(C)C(=O)OC1(Cc2ccccc2)CCCC1.CCC(C)(C)C(=O)OC12CC3CC(OC4CCCCO4)(C1)CC(OC1CCCCO1)(C3)C2.CCC(C)(C)C(=O)OC1C2CC3C(=O)OC1C3C2.CCC(C)(C)C(=O)OC1C2CC3C(=O)OC1C3C2.CCC(C)(C)c1ccc(OCC(=O)OC(C)(C)C)cc1.CCC(C)c1ccc(O)cc1.O=C1OCC2C3CCC(C3)C12. The maximum Gasteiger partial charge on any atom is 0.344 e. The lowest BCUT2D eigenvalue weighted by Gasteiger charge is -2.65. The van der Waals surface area contributed by atoms with Crippen LogP contribution in [0.4, 0.5) is 0 Å². The molecule has 19 atom stereocenters. The first kappa shape index (κ1) is 112. The number of rotatable bonds is 27. The van der Waals surface area contributed by atoms with Gasteiger partial charge in [-0.15, -0.1) is 0 Å². The Morgan fingerprint density at radius 2 is 0.935 bits per heavy atom. The molecule has 5 aliphatic heterocycles. The summed E-state index contributed by atoms with van der Waals surface area (Å²) in [5, 5.41) is 9.01. The monoisotopic (exact) mass is 1940 g/mol. The van der Waals surface area contributed by atoms with Gasteiger partial charge in [0.05, 0.1) is 69.7 Å². The van der Waals surface area contributed by atoms with Crippen molar-refractivity contribution in [2.24, 2.45) is 92.2 Å². The number of ether oxygens (including phenoxy) is 14. The predicted molar refractivity (Wildman–Crippen MR) is 530 cm³/mol. The average molecular weight is 1940 g/mol. The third-order valence-corrected chi connectivity index (χ3v) is 34.3. The second-order valence-electron chi connectivity index (χ2n) is 48.1. The van der Waals surface area contributed by atoms with Crippen LogP contribution in [0.2, 0.25) is 0 Å². The van der Waals surface area contributed by atoms with E-state index in [1.54, 1.807) is 12.1 Å². The third-order valence-electron chi connectivity index (χ3n) is 34.3. The number of esters is 9. The van der Waals surface area contributed by atoms with Gasteiger partial charge in [0, 0.05) is 68.5 Å². The van der Waals surface area contributed by atoms with Crippen molar-refractivity contribution in [1.82, 2.24) is 0 Å². The molecule has 0 aromatic heterocycles. The lowest BCUT2D eigenvalue weighted by Crippen LogP contribution is -2.69. The molecule has 3 aromatic rings. The maximum absolute atomic E-state index is 13.2. The number of methoxy groups -OCH3 is 1. The van der Waals surface area contributed by atoms with Crippen molar-refractivity contribution >= 4 is 53.7 Å². The highest BCUT2D eigenvalue weighted by Gasteiger charge is 2.69. The van der Waals surface area contributed by atoms with E-state index >= 15 is 0 Å². The topological polar surface area (TPSA) is 303 Å². The Bertz CT molecular complexity index is 4440. The van der Waals surface area contributed by atoms with Crippen molar-refractivity contribution in [1.29, 1.82) is 0 Å². The molecule has 5 saturated heterocycles. The van der Waals surface area contributed by atoms with Gasteiger partial charge < -0.3 is 71.4 Å². The number of carbonyl (C=O) groups is 9. The van der Waals surface area contributed by atoms with Crippen molar-refractivity contribution in [2.75, 3.05) is 33.5 Å². The van der Waals surface area contributed by atoms with Crippen molar-refractivity contribution in [3.05, 3.63) is 95.6 Å². The molecule has 11 saturated carbocycles. The van der Waals surface area contributed by atoms with Gasteiger partial charge in [-0.2, -0.15) is 0 Å². The first-order chi connectivity index (χ1) is 65.4. The fraction of sp³-hybridized carbons (Fsp3) is 0.765. The number of hydrogen-bond acceptors (Lipinski definition) is 24. The predicted octanol–water partition coefficient (Wildman–Crippen LogP) is 23.4. The zero-order valence-corrected chi connectivity index (χ0v) is 89.0. The maximum atomic E-state index is 13.2. The molecule has 1 N–H and O–H groups in total. The van der Waals surface area contributed by atoms with Crippen LogP contribution in [0, 0.1) is 92.2 Å². The van der Waals surface area contributed by atoms with Gasteiger partial charge in [-0.1, -0.05) is 124 Å². The molecule has 24 heteroatoms. The summed E-state index contributed by atoms with van der Waals surface area (Å²) in [6, 6.07) is 25.7. The van der Waals surface area contributed by atoms with Gasteiger partial charge in [0.15, 0.2) is 19.2 Å². The van der Waals surface area contributed by atoms with E-state index in [1.165, 1.54) is 43.1 Å². The molecular weight excluding hydrogens is 1770 g/mol. The zero-order chi connectivity index (χ0) is 102. The average Bonchev–Trinajstić information content (AvgIpc) is 1.69. The largest absolute Gasteiger partial charge is 0.508 e. The van der Waals surface area contributed by atoms with Crippen LogP contribution >= 0.6 is 0 Å². The van der Waals surface area contributed by atoms with E-state index in [4.69, 9.17) is 66.7 Å². The highest BCUT2D eigenvalue weighted by atomic mass is 16.7. The number of hydrogen-bond donors (Lipinski definition) is 1. The van der Waals surface area contributed by atoms with Gasteiger partial charge in [0.25, 0.3) is 0 Å². The molecule has 0 radical (unpaired) electrons. The number of benzene rings is 3. The van der Waals surface area contributed by atoms with Crippen molar-refractivity contribution in [3.63, 3.8) is 0 Å². The molecule has 5 heterocycles. The molecule has 0 spiro atoms. The molecule has 3 aromatic carbocycles. The molecule has 778 valence electrons. The lowest BCUT2D eigenvalue weighted by atomic mass is 9.50. The smallest absolute Gasteiger partial charge is 0.344 e. The normalized spacial score (nSPS) is 31.0. The van der Waals surface area contributed by atoms with Gasteiger partial charge in [0.1, 0.15) is 52.7 Å². The van der Waals surface area contributed by atoms with Gasteiger partial charge in [-0.3, -0.25) is 38.4 Å². The zero-order valence-electron chi connectivity index (χ0n) is 89.0. The number of carbonyl (C=O) groups excluding carboxylic acids is 9. The van der Waals surface area contributed by atoms with Crippen LogP contribution in [-0.2, 0) is 117 Å². The van der Waals surface area contributed by atoms with E-state index in [0.717, 1.165) is 206 Å². The van der Waals surface area contributed by atoms with Gasteiger partial charge in [-0.05, 0) is 333 Å². The number of aromatic hydroxyl groups is 1. The fourth-order valence-corrected chi connectivity index (χ4v) is 23.4. The van der Waals surface area contributed by atoms with E-state index in [1.807, 2.05) is 160 Å². The summed E-state index contributed by atoms with van der Waals surface area (Å²) in [5.74, 6) is 4.90. The van der Waals surface area contributed by atoms with Crippen LogP contribution in [0.3, 0.4) is 0 Å². The van der Waals surface area contributed by atoms with E-state index in [2.05, 4.69) is 70.5 Å². The summed E-state index contributed by atoms with van der Waals surface area (Å²) in [6.45, 7) is 47.9. The summed E-state index contributed by atoms with van der Waals surface area (Å²) < 4.78 is 80.4. The Balaban J connectivity index is 0.000000157. The van der Waals surface area contributed by atoms with E-state index < -0.39 is 27.4 Å². The molecule has 19 rings (SSSR count). The summed E-state index contributed by atoms with van der Waals surface area (Å²) in [7, 11) is 1.42. The Kier molecular flexibility index (Phi) is 37.4. The fourth-order valence-electron chi connectivity index (χ4n) is 23.4. The molecule has 19 unspecified atom stereocenters. The second kappa shape index (κ2) is 46.6. The molecule has 139 heavy (non-hydrogen) atoms. The Hall–Kier alpha value is -7.67. The molecule has 16 fully saturated rings. The first-order valence-electron chi connectivity index (χ1n) is 53.3. The van der Waals surface area contributed by atoms with Gasteiger partial charge in [0.2, 0.25) is 0 Å². The minimum atomic E-state index is -0.508. The Morgan fingerprint density at radius 3 is 1.37 bits per heavy atom. The number of phenolic OH excluding ortho intramolecular Hbond substituents is 1. The minimum absolute atomic E-state index is 0.0437. The molecule has 11 aliphatic carbocycles. The molecule has 24 nitrogen and oxygen atoms in total. The van der Waals surface area contributed by atoms with Crippen LogP contribution in [0.5, 0.6) is 11.5 Å². The summed E-state index contributed by atoms with van der Waals surface area (Å²) in [4.78, 5) is 107. The van der Waals surface area contributed by atoms with Crippen LogP contribution < -0.4 is 4.74 Å². The molecule has 10 bridgehead atoms. The highest BCUT2D eigenvalue weighted by Crippen LogP contribution is 2.65. The molecular formula is C115H174O24. The van der Waals surface area contributed by atoms with Crippen LogP contribution in [-0.4, -0.2) is 157 Å². The highest BCUT2D eigenvalue weighted by molar-refractivity contribution is 5.81. The number of cyclic esters (lactones) is 1. The van der Waals surface area contributed by atoms with E-state index in [0.29, 0.717) is 64.8 Å². The van der Waals surface area contributed by atoms with Crippen molar-refractivity contribution < 1.29 is 115 Å². The standard InChI is InChI=1S/C26H42O6.C18H26O2.C17H26O3.2C14H20O4.C10H14O.C9H12O2.C7H14O2/c1-4-23(2,3)22(27)32-26-15-19-13-24(17-26,30-20-9-5-7-11-28-20)16-25(14-19,18-26)31-21-10-6-8-12-29-21;1-4-17(2,3)16(19)20-18(12-8-9-13-18)14-15-10-6-5-7-11-15;1-7-17(5,6)13-8-10-14(11-9-13)19-12-15(18)20-16(2,3)4;2*1-4-14(2,3)13(16)18-10-7-5-8-9(6-7)12(15)17-11(8)10;1-3-8(2)9-4-6-10(11)7-5-9;10-9-8-6-2-1-5(3-6)7(8)4-11-9;1-5-7(2,3)6(8)9-4/h19-21H,4-18H2,1-3H3;5-7,10-11H,4,8-9,12-14H2,1-3H3;8-11H,7,12H2,1-6H3;2*7-11H,4-6H2,1-3H3;4-8,11H,3H2,1-2H3;5-8H,1-4H2;5H2,1-4H3. The molecule has 16 aliphatic rings. The quantitative estimate of drug-likeness (QED) is 0.0547. The van der Waals surface area contributed by atoms with Gasteiger partial charge >= 0.3 is 53.7 Å². The lowest BCUT2D eigenvalue weighted by molar-refractivity contribution is -0.343. The third kappa shape index (κ3) is 27.9. The summed E-state index contributed by atoms with van der Waals surface area (Å²) >= 11 is 0. The Morgan fingerprint density at radius 1 is 0.475 bits per heavy atom. The molecule has 0 amide bonds. The Labute approximate surface area is 831 Å². The van der Waals surface area contributed by atoms with E-state index in [-0.39, 0.29) is 142 Å². The van der Waals surface area contributed by atoms with Gasteiger partial charge in [-0.25, -0.2) is 4.79 Å². The van der Waals surface area contributed by atoms with Crippen LogP contribution in [0.25, 0.3) is 0 Å². The second-order valence-corrected chi connectivity index (χ2v) is 48.1. The van der Waals surface area contributed by atoms with Crippen molar-refractivity contribution in [3.8, 4) is 11.5 Å². The van der Waals surface area contributed by atoms with E-state index in [9.17, 15) is 43.2 Å². The van der Waals surface area contributed by atoms with Crippen LogP contribution in [0.15, 0.2) is 78.9 Å². The minimum Gasteiger partial charge on any atom is -0.508 e. The van der Waals surface area contributed by atoms with Crippen molar-refractivity contribution in [2.45, 2.75) is 435 Å². The first-order valence-corrected chi connectivity index (χ1v) is 53.3. The number of fused-ring (bicyclic) bond motifs is 7. The number of phenols is 1.